The number of hydrogen-bond acceptors (Lipinski definition) is 4. The molecule has 144 valence electrons. The van der Waals surface area contributed by atoms with Crippen molar-refractivity contribution in [3.8, 4) is 0 Å². The Labute approximate surface area is 159 Å². The van der Waals surface area contributed by atoms with Gasteiger partial charge in [0.05, 0.1) is 12.5 Å². The Balaban J connectivity index is 0.000000758. The molecule has 0 bridgehead atoms. The predicted molar refractivity (Wildman–Crippen MR) is 100 cm³/mol. The Morgan fingerprint density at radius 2 is 2.08 bits per heavy atom. The lowest BCUT2D eigenvalue weighted by molar-refractivity contribution is -0.137. The van der Waals surface area contributed by atoms with E-state index in [2.05, 4.69) is 6.07 Å². The molecule has 2 aliphatic heterocycles. The summed E-state index contributed by atoms with van der Waals surface area (Å²) in [4.78, 5) is 22.8. The molecular weight excluding hydrogens is 356 g/mol. The highest BCUT2D eigenvalue weighted by Gasteiger charge is 2.32. The van der Waals surface area contributed by atoms with Crippen LogP contribution in [0.15, 0.2) is 24.3 Å². The Bertz CT molecular complexity index is 585. The molecule has 2 fully saturated rings. The number of carbonyl (C=O) groups excluding carboxylic acids is 1. The zero-order chi connectivity index (χ0) is 18.9. The van der Waals surface area contributed by atoms with Crippen molar-refractivity contribution in [2.45, 2.75) is 31.7 Å². The smallest absolute Gasteiger partial charge is 0.290 e. The number of hydrogen-bond donors (Lipinski definition) is 2. The topological polar surface area (TPSA) is 92.9 Å². The number of carboxylic acid groups (broad SMARTS) is 1. The van der Waals surface area contributed by atoms with Gasteiger partial charge < -0.3 is 20.5 Å². The summed E-state index contributed by atoms with van der Waals surface area (Å²) in [5.41, 5.74) is 7.59. The molecular formula is C19H27ClN2O4. The van der Waals surface area contributed by atoms with Crippen molar-refractivity contribution < 1.29 is 19.4 Å². The lowest BCUT2D eigenvalue weighted by Crippen LogP contribution is -2.46. The van der Waals surface area contributed by atoms with E-state index < -0.39 is 0 Å². The number of rotatable bonds is 4. The third-order valence-electron chi connectivity index (χ3n) is 5.10. The van der Waals surface area contributed by atoms with Crippen molar-refractivity contribution in [1.29, 1.82) is 0 Å². The van der Waals surface area contributed by atoms with E-state index in [4.69, 9.17) is 32.0 Å². The largest absolute Gasteiger partial charge is 0.483 e. The summed E-state index contributed by atoms with van der Waals surface area (Å²) < 4.78 is 5.33. The van der Waals surface area contributed by atoms with Crippen LogP contribution < -0.4 is 5.73 Å². The van der Waals surface area contributed by atoms with Crippen molar-refractivity contribution in [1.82, 2.24) is 4.90 Å². The van der Waals surface area contributed by atoms with Crippen LogP contribution in [0.2, 0.25) is 5.02 Å². The summed E-state index contributed by atoms with van der Waals surface area (Å²) >= 11 is 6.04. The number of amides is 1. The minimum atomic E-state index is -0.250. The van der Waals surface area contributed by atoms with Crippen molar-refractivity contribution in [3.05, 3.63) is 34.9 Å². The summed E-state index contributed by atoms with van der Waals surface area (Å²) in [5.74, 6) is 0.814. The number of halogens is 1. The van der Waals surface area contributed by atoms with Crippen LogP contribution in [0.25, 0.3) is 0 Å². The van der Waals surface area contributed by atoms with Gasteiger partial charge in [0.1, 0.15) is 0 Å². The van der Waals surface area contributed by atoms with Crippen LogP contribution >= 0.6 is 11.6 Å². The SMILES string of the molecule is NC(Cc1cccc(Cl)c1)C1CCN(C(=O)C2CCOC2)CC1.O=CO. The average molecular weight is 383 g/mol. The third-order valence-corrected chi connectivity index (χ3v) is 5.33. The first-order valence-electron chi connectivity index (χ1n) is 8.99. The van der Waals surface area contributed by atoms with E-state index in [9.17, 15) is 4.79 Å². The standard InChI is InChI=1S/C18H25ClN2O2.CH2O2/c19-16-3-1-2-13(10-16)11-17(20)14-4-7-21(8-5-14)18(22)15-6-9-23-12-15;2-1-3/h1-3,10,14-15,17H,4-9,11-12,20H2;1H,(H,2,3). The number of ether oxygens (including phenoxy) is 1. The Morgan fingerprint density at radius 1 is 1.38 bits per heavy atom. The molecule has 1 aromatic rings. The summed E-state index contributed by atoms with van der Waals surface area (Å²) in [7, 11) is 0. The highest BCUT2D eigenvalue weighted by molar-refractivity contribution is 6.30. The number of nitrogens with two attached hydrogens (primary N) is 1. The van der Waals surface area contributed by atoms with Gasteiger partial charge >= 0.3 is 0 Å². The number of benzene rings is 1. The van der Waals surface area contributed by atoms with Crippen molar-refractivity contribution in [2.24, 2.45) is 17.6 Å². The molecule has 3 N–H and O–H groups in total. The highest BCUT2D eigenvalue weighted by Crippen LogP contribution is 2.25. The zero-order valence-electron chi connectivity index (χ0n) is 14.9. The van der Waals surface area contributed by atoms with Crippen LogP contribution in [0.4, 0.5) is 0 Å². The quantitative estimate of drug-likeness (QED) is 0.778. The first-order chi connectivity index (χ1) is 12.5. The van der Waals surface area contributed by atoms with E-state index >= 15 is 0 Å². The predicted octanol–water partition coefficient (Wildman–Crippen LogP) is 2.19. The van der Waals surface area contributed by atoms with E-state index in [-0.39, 0.29) is 24.3 Å². The molecule has 2 unspecified atom stereocenters. The maximum absolute atomic E-state index is 12.4. The average Bonchev–Trinajstić information content (AvgIpc) is 3.16. The molecule has 2 heterocycles. The summed E-state index contributed by atoms with van der Waals surface area (Å²) in [6, 6.07) is 8.04. The fourth-order valence-electron chi connectivity index (χ4n) is 3.64. The van der Waals surface area contributed by atoms with Crippen LogP contribution in [-0.4, -0.2) is 54.7 Å². The van der Waals surface area contributed by atoms with Gasteiger partial charge in [-0.05, 0) is 49.3 Å². The molecule has 2 saturated heterocycles. The minimum absolute atomic E-state index is 0.0756. The van der Waals surface area contributed by atoms with E-state index in [0.717, 1.165) is 50.4 Å². The Hall–Kier alpha value is -1.63. The molecule has 1 aromatic carbocycles. The normalized spacial score (nSPS) is 21.6. The fourth-order valence-corrected chi connectivity index (χ4v) is 3.85. The van der Waals surface area contributed by atoms with Crippen molar-refractivity contribution in [2.75, 3.05) is 26.3 Å². The molecule has 1 amide bonds. The molecule has 26 heavy (non-hydrogen) atoms. The van der Waals surface area contributed by atoms with Crippen LogP contribution in [0.1, 0.15) is 24.8 Å². The van der Waals surface area contributed by atoms with Gasteiger partial charge in [0.2, 0.25) is 5.91 Å². The molecule has 2 atom stereocenters. The van der Waals surface area contributed by atoms with Gasteiger partial charge in [0.15, 0.2) is 0 Å². The van der Waals surface area contributed by atoms with E-state index in [1.165, 1.54) is 5.56 Å². The molecule has 3 rings (SSSR count). The van der Waals surface area contributed by atoms with Gasteiger partial charge in [-0.2, -0.15) is 0 Å². The van der Waals surface area contributed by atoms with Crippen molar-refractivity contribution in [3.63, 3.8) is 0 Å². The lowest BCUT2D eigenvalue weighted by atomic mass is 9.86. The van der Waals surface area contributed by atoms with Gasteiger partial charge in [-0.3, -0.25) is 9.59 Å². The third kappa shape index (κ3) is 5.97. The van der Waals surface area contributed by atoms with Gasteiger partial charge in [-0.25, -0.2) is 0 Å². The zero-order valence-corrected chi connectivity index (χ0v) is 15.6. The van der Waals surface area contributed by atoms with Crippen LogP contribution in [-0.2, 0) is 20.7 Å². The summed E-state index contributed by atoms with van der Waals surface area (Å²) in [5, 5.41) is 7.65. The molecule has 0 saturated carbocycles. The Morgan fingerprint density at radius 3 is 2.65 bits per heavy atom. The van der Waals surface area contributed by atoms with Gasteiger partial charge in [0.25, 0.3) is 6.47 Å². The molecule has 6 nitrogen and oxygen atoms in total. The van der Waals surface area contributed by atoms with E-state index in [1.54, 1.807) is 0 Å². The number of nitrogens with zero attached hydrogens (tertiary/aromatic N) is 1. The molecule has 0 aromatic heterocycles. The molecule has 2 aliphatic rings. The second kappa shape index (κ2) is 10.5. The number of likely N-dealkylation sites (tertiary alicyclic amines) is 1. The first-order valence-corrected chi connectivity index (χ1v) is 9.37. The highest BCUT2D eigenvalue weighted by atomic mass is 35.5. The molecule has 0 aliphatic carbocycles. The second-order valence-corrected chi connectivity index (χ2v) is 7.26. The van der Waals surface area contributed by atoms with Crippen LogP contribution in [0.3, 0.4) is 0 Å². The summed E-state index contributed by atoms with van der Waals surface area (Å²) in [6.07, 6.45) is 3.69. The van der Waals surface area contributed by atoms with Crippen LogP contribution in [0.5, 0.6) is 0 Å². The first kappa shape index (κ1) is 20.7. The number of carbonyl (C=O) groups is 2. The maximum Gasteiger partial charge on any atom is 0.290 e. The van der Waals surface area contributed by atoms with Crippen LogP contribution in [0, 0.1) is 11.8 Å². The Kier molecular flexibility index (Phi) is 8.35. The second-order valence-electron chi connectivity index (χ2n) is 6.83. The van der Waals surface area contributed by atoms with E-state index in [1.807, 2.05) is 23.1 Å². The number of piperidine rings is 1. The van der Waals surface area contributed by atoms with Gasteiger partial charge in [0, 0.05) is 30.8 Å². The van der Waals surface area contributed by atoms with Crippen molar-refractivity contribution >= 4 is 24.0 Å². The minimum Gasteiger partial charge on any atom is -0.483 e. The summed E-state index contributed by atoms with van der Waals surface area (Å²) in [6.45, 7) is 2.71. The van der Waals surface area contributed by atoms with E-state index in [0.29, 0.717) is 12.5 Å². The molecule has 0 radical (unpaired) electrons. The molecule has 7 heteroatoms. The maximum atomic E-state index is 12.4. The fraction of sp³-hybridized carbons (Fsp3) is 0.579. The van der Waals surface area contributed by atoms with Gasteiger partial charge in [-0.1, -0.05) is 23.7 Å². The van der Waals surface area contributed by atoms with Gasteiger partial charge in [-0.15, -0.1) is 0 Å². The lowest BCUT2D eigenvalue weighted by Gasteiger charge is -2.36. The monoisotopic (exact) mass is 382 g/mol. The molecule has 0 spiro atoms.